The standard InChI is InChI=1S/C28H25NO5S/c1-18-4-8-20(9-5-18)17-34-24-13-10-21(14-25(24)33-3)15-26-27(31)29(28(32)35-26)16-23(30)22-11-6-19(2)7-12-22/h4-15H,16-17H2,1-3H3/b26-15+. The van der Waals surface area contributed by atoms with Crippen LogP contribution in [0.4, 0.5) is 4.79 Å². The number of ether oxygens (including phenoxy) is 2. The van der Waals surface area contributed by atoms with Crippen molar-refractivity contribution in [3.63, 3.8) is 0 Å². The number of rotatable bonds is 8. The molecule has 0 bridgehead atoms. The normalized spacial score (nSPS) is 14.5. The first kappa shape index (κ1) is 24.3. The van der Waals surface area contributed by atoms with Crippen molar-refractivity contribution in [2.75, 3.05) is 13.7 Å². The second-order valence-corrected chi connectivity index (χ2v) is 9.23. The maximum absolute atomic E-state index is 12.9. The van der Waals surface area contributed by atoms with Crippen LogP contribution in [-0.2, 0) is 11.4 Å². The number of benzene rings is 3. The van der Waals surface area contributed by atoms with Gasteiger partial charge in [-0.25, -0.2) is 0 Å². The molecule has 0 saturated carbocycles. The lowest BCUT2D eigenvalue weighted by atomic mass is 10.1. The number of Topliss-reactive ketones (excluding diaryl/α,β-unsaturated/α-hetero) is 1. The van der Waals surface area contributed by atoms with Gasteiger partial charge >= 0.3 is 0 Å². The van der Waals surface area contributed by atoms with E-state index in [1.165, 1.54) is 5.56 Å². The number of hydrogen-bond donors (Lipinski definition) is 0. The summed E-state index contributed by atoms with van der Waals surface area (Å²) in [6.45, 7) is 4.06. The van der Waals surface area contributed by atoms with Gasteiger partial charge in [0.05, 0.1) is 18.6 Å². The first-order chi connectivity index (χ1) is 16.8. The van der Waals surface area contributed by atoms with Crippen LogP contribution in [0.3, 0.4) is 0 Å². The molecule has 0 radical (unpaired) electrons. The summed E-state index contributed by atoms with van der Waals surface area (Å²) in [6.07, 6.45) is 1.62. The number of carbonyl (C=O) groups is 3. The summed E-state index contributed by atoms with van der Waals surface area (Å²) in [4.78, 5) is 39.1. The van der Waals surface area contributed by atoms with Crippen molar-refractivity contribution >= 4 is 34.8 Å². The van der Waals surface area contributed by atoms with Gasteiger partial charge < -0.3 is 9.47 Å². The summed E-state index contributed by atoms with van der Waals surface area (Å²) < 4.78 is 11.4. The van der Waals surface area contributed by atoms with Crippen LogP contribution in [0.15, 0.2) is 71.6 Å². The summed E-state index contributed by atoms with van der Waals surface area (Å²) in [7, 11) is 1.54. The molecule has 1 aliphatic heterocycles. The zero-order valence-corrected chi connectivity index (χ0v) is 20.6. The molecule has 0 aromatic heterocycles. The molecule has 2 amide bonds. The van der Waals surface area contributed by atoms with E-state index in [-0.39, 0.29) is 17.2 Å². The van der Waals surface area contributed by atoms with Crippen LogP contribution in [0.2, 0.25) is 0 Å². The highest BCUT2D eigenvalue weighted by atomic mass is 32.2. The van der Waals surface area contributed by atoms with Crippen molar-refractivity contribution < 1.29 is 23.9 Å². The Morgan fingerprint density at radius 2 is 1.57 bits per heavy atom. The van der Waals surface area contributed by atoms with Gasteiger partial charge in [-0.2, -0.15) is 0 Å². The Hall–Kier alpha value is -3.84. The molecule has 0 aliphatic carbocycles. The van der Waals surface area contributed by atoms with Gasteiger partial charge in [0.15, 0.2) is 17.3 Å². The largest absolute Gasteiger partial charge is 0.493 e. The van der Waals surface area contributed by atoms with E-state index in [0.29, 0.717) is 29.2 Å². The van der Waals surface area contributed by atoms with Gasteiger partial charge in [-0.15, -0.1) is 0 Å². The first-order valence-electron chi connectivity index (χ1n) is 11.1. The molecule has 178 valence electrons. The molecule has 1 heterocycles. The van der Waals surface area contributed by atoms with Crippen molar-refractivity contribution in [3.05, 3.63) is 99.5 Å². The summed E-state index contributed by atoms with van der Waals surface area (Å²) in [5, 5.41) is -0.466. The van der Waals surface area contributed by atoms with Gasteiger partial charge in [-0.05, 0) is 54.9 Å². The first-order valence-corrected chi connectivity index (χ1v) is 11.9. The summed E-state index contributed by atoms with van der Waals surface area (Å²) in [5.74, 6) is 0.311. The SMILES string of the molecule is COc1cc(/C=C2/SC(=O)N(CC(=O)c3ccc(C)cc3)C2=O)ccc1OCc1ccc(C)cc1. The Bertz CT molecular complexity index is 1300. The number of ketones is 1. The van der Waals surface area contributed by atoms with Crippen molar-refractivity contribution in [1.29, 1.82) is 0 Å². The van der Waals surface area contributed by atoms with Crippen molar-refractivity contribution in [2.24, 2.45) is 0 Å². The predicted molar refractivity (Wildman–Crippen MR) is 137 cm³/mol. The zero-order chi connectivity index (χ0) is 24.9. The Morgan fingerprint density at radius 3 is 2.23 bits per heavy atom. The number of hydrogen-bond acceptors (Lipinski definition) is 6. The lowest BCUT2D eigenvalue weighted by Crippen LogP contribution is -2.33. The predicted octanol–water partition coefficient (Wildman–Crippen LogP) is 5.81. The van der Waals surface area contributed by atoms with Gasteiger partial charge in [0.25, 0.3) is 11.1 Å². The topological polar surface area (TPSA) is 72.9 Å². The molecule has 35 heavy (non-hydrogen) atoms. The fourth-order valence-electron chi connectivity index (χ4n) is 3.50. The summed E-state index contributed by atoms with van der Waals surface area (Å²) >= 11 is 0.817. The summed E-state index contributed by atoms with van der Waals surface area (Å²) in [6, 6.07) is 20.4. The highest BCUT2D eigenvalue weighted by Gasteiger charge is 2.36. The fraction of sp³-hybridized carbons (Fsp3) is 0.179. The maximum atomic E-state index is 12.9. The van der Waals surface area contributed by atoms with Gasteiger partial charge in [0.2, 0.25) is 0 Å². The van der Waals surface area contributed by atoms with E-state index in [1.54, 1.807) is 43.5 Å². The lowest BCUT2D eigenvalue weighted by molar-refractivity contribution is -0.122. The van der Waals surface area contributed by atoms with Crippen LogP contribution in [0.25, 0.3) is 6.08 Å². The van der Waals surface area contributed by atoms with E-state index in [9.17, 15) is 14.4 Å². The highest BCUT2D eigenvalue weighted by molar-refractivity contribution is 8.18. The lowest BCUT2D eigenvalue weighted by Gasteiger charge is -2.12. The van der Waals surface area contributed by atoms with E-state index in [2.05, 4.69) is 0 Å². The van der Waals surface area contributed by atoms with Crippen molar-refractivity contribution in [1.82, 2.24) is 4.90 Å². The monoisotopic (exact) mass is 487 g/mol. The van der Waals surface area contributed by atoms with Gasteiger partial charge in [0, 0.05) is 5.56 Å². The van der Waals surface area contributed by atoms with Crippen LogP contribution in [0.5, 0.6) is 11.5 Å². The quantitative estimate of drug-likeness (QED) is 0.295. The molecule has 1 fully saturated rings. The third-order valence-corrected chi connectivity index (χ3v) is 6.46. The minimum absolute atomic E-state index is 0.252. The van der Waals surface area contributed by atoms with Gasteiger partial charge in [-0.3, -0.25) is 19.3 Å². The average molecular weight is 488 g/mol. The molecule has 0 atom stereocenters. The number of thioether (sulfide) groups is 1. The smallest absolute Gasteiger partial charge is 0.293 e. The number of amides is 2. The third-order valence-electron chi connectivity index (χ3n) is 5.55. The van der Waals surface area contributed by atoms with Crippen molar-refractivity contribution in [2.45, 2.75) is 20.5 Å². The molecule has 1 saturated heterocycles. The molecule has 3 aromatic carbocycles. The van der Waals surface area contributed by atoms with E-state index in [4.69, 9.17) is 9.47 Å². The average Bonchev–Trinajstić information content (AvgIpc) is 3.11. The molecule has 0 spiro atoms. The Kier molecular flexibility index (Phi) is 7.36. The number of methoxy groups -OCH3 is 1. The molecular formula is C28H25NO5S. The molecule has 3 aromatic rings. The van der Waals surface area contributed by atoms with E-state index in [0.717, 1.165) is 27.8 Å². The molecule has 7 heteroatoms. The van der Waals surface area contributed by atoms with Crippen LogP contribution >= 0.6 is 11.8 Å². The van der Waals surface area contributed by atoms with Crippen molar-refractivity contribution in [3.8, 4) is 11.5 Å². The number of imide groups is 1. The van der Waals surface area contributed by atoms with Crippen LogP contribution in [0.1, 0.15) is 32.6 Å². The number of aryl methyl sites for hydroxylation is 2. The maximum Gasteiger partial charge on any atom is 0.293 e. The fourth-order valence-corrected chi connectivity index (χ4v) is 4.34. The molecule has 0 N–H and O–H groups in total. The molecular weight excluding hydrogens is 462 g/mol. The van der Waals surface area contributed by atoms with Gasteiger partial charge in [0.1, 0.15) is 6.61 Å². The second kappa shape index (κ2) is 10.6. The van der Waals surface area contributed by atoms with Crippen LogP contribution in [0, 0.1) is 13.8 Å². The Morgan fingerprint density at radius 1 is 0.914 bits per heavy atom. The van der Waals surface area contributed by atoms with E-state index >= 15 is 0 Å². The molecule has 4 rings (SSSR count). The Labute approximate surface area is 208 Å². The van der Waals surface area contributed by atoms with E-state index in [1.807, 2.05) is 50.2 Å². The minimum Gasteiger partial charge on any atom is -0.493 e. The van der Waals surface area contributed by atoms with Crippen LogP contribution < -0.4 is 9.47 Å². The summed E-state index contributed by atoms with van der Waals surface area (Å²) in [5.41, 5.74) is 4.39. The number of carbonyl (C=O) groups excluding carboxylic acids is 3. The number of nitrogens with zero attached hydrogens (tertiary/aromatic N) is 1. The zero-order valence-electron chi connectivity index (χ0n) is 19.7. The third kappa shape index (κ3) is 5.81. The van der Waals surface area contributed by atoms with Gasteiger partial charge in [-0.1, -0.05) is 65.7 Å². The Balaban J connectivity index is 1.46. The minimum atomic E-state index is -0.487. The second-order valence-electron chi connectivity index (χ2n) is 8.24. The van der Waals surface area contributed by atoms with Crippen LogP contribution in [-0.4, -0.2) is 35.5 Å². The molecule has 6 nitrogen and oxygen atoms in total. The molecule has 0 unspecified atom stereocenters. The highest BCUT2D eigenvalue weighted by Crippen LogP contribution is 2.35. The van der Waals surface area contributed by atoms with E-state index < -0.39 is 11.1 Å². The molecule has 1 aliphatic rings.